The van der Waals surface area contributed by atoms with E-state index in [-0.39, 0.29) is 6.10 Å². The second kappa shape index (κ2) is 4.94. The molecule has 2 N–H and O–H groups in total. The monoisotopic (exact) mass is 187 g/mol. The van der Waals surface area contributed by atoms with Gasteiger partial charge in [0.05, 0.1) is 6.10 Å². The molecule has 3 heteroatoms. The Bertz CT molecular complexity index is 150. The minimum Gasteiger partial charge on any atom is -0.215 e. The van der Waals surface area contributed by atoms with Gasteiger partial charge in [0.2, 0.25) is 0 Å². The summed E-state index contributed by atoms with van der Waals surface area (Å²) in [7, 11) is 0. The van der Waals surface area contributed by atoms with Crippen LogP contribution in [0.15, 0.2) is 0 Å². The molecule has 0 aromatic rings. The lowest BCUT2D eigenvalue weighted by atomic mass is 9.75. The lowest BCUT2D eigenvalue weighted by Gasteiger charge is -2.35. The lowest BCUT2D eigenvalue weighted by molar-refractivity contribution is -0.346. The van der Waals surface area contributed by atoms with Gasteiger partial charge < -0.3 is 0 Å². The molecule has 1 aliphatic carbocycles. The maximum absolute atomic E-state index is 5.10. The van der Waals surface area contributed by atoms with Crippen molar-refractivity contribution in [1.29, 1.82) is 0 Å². The van der Waals surface area contributed by atoms with Crippen LogP contribution in [0.3, 0.4) is 0 Å². The summed E-state index contributed by atoms with van der Waals surface area (Å²) in [6.07, 6.45) is 3.79. The van der Waals surface area contributed by atoms with Crippen molar-refractivity contribution in [3.63, 3.8) is 0 Å². The molecule has 1 saturated carbocycles. The molecule has 1 fully saturated rings. The van der Waals surface area contributed by atoms with Gasteiger partial charge in [-0.1, -0.05) is 27.2 Å². The highest BCUT2D eigenvalue weighted by Gasteiger charge is 2.32. The molecule has 3 nitrogen and oxygen atoms in total. The van der Waals surface area contributed by atoms with Crippen molar-refractivity contribution in [2.24, 2.45) is 23.7 Å². The van der Waals surface area contributed by atoms with Crippen molar-refractivity contribution in [1.82, 2.24) is 0 Å². The fourth-order valence-corrected chi connectivity index (χ4v) is 2.30. The second-order valence-electron chi connectivity index (χ2n) is 4.56. The van der Waals surface area contributed by atoms with Crippen LogP contribution >= 0.6 is 0 Å². The van der Waals surface area contributed by atoms with Crippen LogP contribution in [-0.4, -0.2) is 6.10 Å². The summed E-state index contributed by atoms with van der Waals surface area (Å²) in [4.78, 5) is 9.41. The van der Waals surface area contributed by atoms with E-state index in [0.29, 0.717) is 11.8 Å². The SMILES string of the molecule is CC1CCC(C(C)C)C(OON)C1. The average molecular weight is 187 g/mol. The summed E-state index contributed by atoms with van der Waals surface area (Å²) in [6, 6.07) is 0. The summed E-state index contributed by atoms with van der Waals surface area (Å²) in [5.41, 5.74) is 0. The largest absolute Gasteiger partial charge is 0.215 e. The first kappa shape index (κ1) is 11.0. The molecule has 0 amide bonds. The van der Waals surface area contributed by atoms with Crippen molar-refractivity contribution in [3.8, 4) is 0 Å². The molecule has 1 rings (SSSR count). The molecule has 0 aliphatic heterocycles. The highest BCUT2D eigenvalue weighted by molar-refractivity contribution is 4.80. The van der Waals surface area contributed by atoms with Crippen LogP contribution in [0.25, 0.3) is 0 Å². The van der Waals surface area contributed by atoms with Gasteiger partial charge >= 0.3 is 0 Å². The number of hydrogen-bond donors (Lipinski definition) is 1. The van der Waals surface area contributed by atoms with E-state index in [4.69, 9.17) is 10.8 Å². The van der Waals surface area contributed by atoms with Crippen molar-refractivity contribution >= 4 is 0 Å². The third-order valence-corrected chi connectivity index (χ3v) is 3.14. The highest BCUT2D eigenvalue weighted by Crippen LogP contribution is 2.35. The van der Waals surface area contributed by atoms with Crippen molar-refractivity contribution in [2.75, 3.05) is 0 Å². The van der Waals surface area contributed by atoms with E-state index in [1.807, 2.05) is 0 Å². The highest BCUT2D eigenvalue weighted by atomic mass is 17.3. The Morgan fingerprint density at radius 2 is 2.00 bits per heavy atom. The smallest absolute Gasteiger partial charge is 0.0982 e. The van der Waals surface area contributed by atoms with Gasteiger partial charge in [0.1, 0.15) is 0 Å². The van der Waals surface area contributed by atoms with Gasteiger partial charge in [-0.05, 0) is 30.6 Å². The predicted octanol–water partition coefficient (Wildman–Crippen LogP) is 2.27. The van der Waals surface area contributed by atoms with Gasteiger partial charge in [-0.15, -0.1) is 4.99 Å². The molecule has 0 spiro atoms. The van der Waals surface area contributed by atoms with E-state index in [1.165, 1.54) is 12.8 Å². The molecule has 13 heavy (non-hydrogen) atoms. The van der Waals surface area contributed by atoms with Crippen LogP contribution in [0.4, 0.5) is 0 Å². The van der Waals surface area contributed by atoms with E-state index < -0.39 is 0 Å². The Kier molecular flexibility index (Phi) is 4.16. The Labute approximate surface area is 80.5 Å². The zero-order valence-electron chi connectivity index (χ0n) is 8.82. The summed E-state index contributed by atoms with van der Waals surface area (Å²) in [5.74, 6) is 6.92. The zero-order valence-corrected chi connectivity index (χ0v) is 8.82. The fraction of sp³-hybridized carbons (Fsp3) is 1.00. The van der Waals surface area contributed by atoms with Gasteiger partial charge in [0.25, 0.3) is 0 Å². The third kappa shape index (κ3) is 2.93. The van der Waals surface area contributed by atoms with Gasteiger partial charge in [0, 0.05) is 0 Å². The summed E-state index contributed by atoms with van der Waals surface area (Å²) >= 11 is 0. The van der Waals surface area contributed by atoms with E-state index >= 15 is 0 Å². The first-order valence-electron chi connectivity index (χ1n) is 5.17. The summed E-state index contributed by atoms with van der Waals surface area (Å²) in [6.45, 7) is 6.71. The first-order valence-corrected chi connectivity index (χ1v) is 5.17. The molecule has 3 unspecified atom stereocenters. The minimum atomic E-state index is 0.189. The Balaban J connectivity index is 2.50. The standard InChI is InChI=1S/C10H21NO2/c1-7(2)9-5-4-8(3)6-10(9)12-13-11/h7-10H,4-6,11H2,1-3H3. The van der Waals surface area contributed by atoms with Crippen molar-refractivity contribution in [2.45, 2.75) is 46.1 Å². The van der Waals surface area contributed by atoms with Gasteiger partial charge in [-0.3, -0.25) is 0 Å². The van der Waals surface area contributed by atoms with Crippen LogP contribution < -0.4 is 5.90 Å². The van der Waals surface area contributed by atoms with Crippen molar-refractivity contribution < 1.29 is 9.88 Å². The summed E-state index contributed by atoms with van der Waals surface area (Å²) < 4.78 is 0. The molecule has 3 atom stereocenters. The topological polar surface area (TPSA) is 44.5 Å². The minimum absolute atomic E-state index is 0.189. The summed E-state index contributed by atoms with van der Waals surface area (Å²) in [5, 5.41) is 0. The molecular weight excluding hydrogens is 166 g/mol. The van der Waals surface area contributed by atoms with Crippen molar-refractivity contribution in [3.05, 3.63) is 0 Å². The normalized spacial score (nSPS) is 35.3. The molecule has 78 valence electrons. The van der Waals surface area contributed by atoms with Gasteiger partial charge in [0.15, 0.2) is 0 Å². The van der Waals surface area contributed by atoms with Crippen LogP contribution in [0.5, 0.6) is 0 Å². The molecule has 0 saturated heterocycles. The Morgan fingerprint density at radius 1 is 1.31 bits per heavy atom. The third-order valence-electron chi connectivity index (χ3n) is 3.14. The molecule has 0 aromatic carbocycles. The van der Waals surface area contributed by atoms with Crippen LogP contribution in [-0.2, 0) is 9.88 Å². The van der Waals surface area contributed by atoms with E-state index in [1.54, 1.807) is 0 Å². The molecule has 0 heterocycles. The lowest BCUT2D eigenvalue weighted by Crippen LogP contribution is -2.34. The van der Waals surface area contributed by atoms with E-state index in [0.717, 1.165) is 12.3 Å². The Hall–Kier alpha value is -0.120. The van der Waals surface area contributed by atoms with Gasteiger partial charge in [-0.25, -0.2) is 4.89 Å². The predicted molar refractivity (Wildman–Crippen MR) is 51.5 cm³/mol. The average Bonchev–Trinajstić information content (AvgIpc) is 2.04. The fourth-order valence-electron chi connectivity index (χ4n) is 2.30. The maximum atomic E-state index is 5.10. The van der Waals surface area contributed by atoms with Crippen LogP contribution in [0, 0.1) is 17.8 Å². The van der Waals surface area contributed by atoms with Gasteiger partial charge in [-0.2, -0.15) is 5.90 Å². The van der Waals surface area contributed by atoms with E-state index in [9.17, 15) is 0 Å². The first-order chi connectivity index (χ1) is 6.15. The quantitative estimate of drug-likeness (QED) is 0.544. The number of hydrogen-bond acceptors (Lipinski definition) is 3. The second-order valence-corrected chi connectivity index (χ2v) is 4.56. The van der Waals surface area contributed by atoms with Crippen LogP contribution in [0.2, 0.25) is 0 Å². The zero-order chi connectivity index (χ0) is 9.84. The number of rotatable bonds is 3. The molecular formula is C10H21NO2. The van der Waals surface area contributed by atoms with E-state index in [2.05, 4.69) is 25.8 Å². The molecule has 0 aromatic heterocycles. The maximum Gasteiger partial charge on any atom is 0.0982 e. The Morgan fingerprint density at radius 3 is 2.54 bits per heavy atom. The van der Waals surface area contributed by atoms with Crippen LogP contribution in [0.1, 0.15) is 40.0 Å². The molecule has 1 aliphatic rings. The number of nitrogens with two attached hydrogens (primary N) is 1. The molecule has 0 bridgehead atoms. The molecule has 0 radical (unpaired) electrons.